The Bertz CT molecular complexity index is 206. The molecule has 0 bridgehead atoms. The molecule has 17 heavy (non-hydrogen) atoms. The highest BCUT2D eigenvalue weighted by Crippen LogP contribution is 2.22. The van der Waals surface area contributed by atoms with Crippen molar-refractivity contribution in [2.45, 2.75) is 58.3 Å². The lowest BCUT2D eigenvalue weighted by molar-refractivity contribution is 0.344. The largest absolute Gasteiger partial charge is 0.365 e. The minimum Gasteiger partial charge on any atom is -0.365 e. The van der Waals surface area contributed by atoms with Gasteiger partial charge in [0.25, 0.3) is 0 Å². The Hall–Kier alpha value is -0.150. The molecule has 0 atom stereocenters. The molecule has 0 unspecified atom stereocenters. The standard InChI is InChI=1S/C7H14N2S.C7H14/c8-6-7(10)9-4-2-1-3-5-9;1-7-5-3-2-4-6-7/h1-6,8H2;7H,2-6H2,1H3. The smallest absolute Gasteiger partial charge is 0.0917 e. The minimum absolute atomic E-state index is 0.537. The van der Waals surface area contributed by atoms with Gasteiger partial charge < -0.3 is 10.6 Å². The van der Waals surface area contributed by atoms with Crippen LogP contribution in [0, 0.1) is 5.92 Å². The Morgan fingerprint density at radius 2 is 1.59 bits per heavy atom. The van der Waals surface area contributed by atoms with E-state index < -0.39 is 0 Å². The second-order valence-corrected chi connectivity index (χ2v) is 5.86. The molecule has 2 aliphatic rings. The maximum Gasteiger partial charge on any atom is 0.0917 e. The Morgan fingerprint density at radius 1 is 1.06 bits per heavy atom. The van der Waals surface area contributed by atoms with Gasteiger partial charge in [-0.15, -0.1) is 0 Å². The number of hydrogen-bond donors (Lipinski definition) is 1. The topological polar surface area (TPSA) is 29.3 Å². The minimum atomic E-state index is 0.537. The summed E-state index contributed by atoms with van der Waals surface area (Å²) < 4.78 is 0. The zero-order valence-electron chi connectivity index (χ0n) is 11.3. The molecule has 1 saturated carbocycles. The summed E-state index contributed by atoms with van der Waals surface area (Å²) in [4.78, 5) is 3.15. The third-order valence-corrected chi connectivity index (χ3v) is 4.20. The van der Waals surface area contributed by atoms with Gasteiger partial charge in [0.15, 0.2) is 0 Å². The van der Waals surface area contributed by atoms with Crippen molar-refractivity contribution < 1.29 is 0 Å². The molecule has 2 nitrogen and oxygen atoms in total. The monoisotopic (exact) mass is 256 g/mol. The first kappa shape index (κ1) is 14.9. The molecule has 2 fully saturated rings. The second kappa shape index (κ2) is 8.87. The summed E-state index contributed by atoms with van der Waals surface area (Å²) in [6, 6.07) is 0. The van der Waals surface area contributed by atoms with Crippen LogP contribution in [0.3, 0.4) is 0 Å². The van der Waals surface area contributed by atoms with Crippen LogP contribution in [0.1, 0.15) is 58.3 Å². The number of likely N-dealkylation sites (tertiary alicyclic amines) is 1. The van der Waals surface area contributed by atoms with Crippen LogP contribution in [0.2, 0.25) is 0 Å². The molecular weight excluding hydrogens is 228 g/mol. The highest BCUT2D eigenvalue weighted by atomic mass is 32.1. The average Bonchev–Trinajstić information content (AvgIpc) is 2.40. The Morgan fingerprint density at radius 3 is 2.00 bits per heavy atom. The van der Waals surface area contributed by atoms with Gasteiger partial charge in [0, 0.05) is 19.6 Å². The van der Waals surface area contributed by atoms with Crippen molar-refractivity contribution >= 4 is 17.2 Å². The number of nitrogens with two attached hydrogens (primary N) is 1. The average molecular weight is 256 g/mol. The molecule has 1 aliphatic heterocycles. The lowest BCUT2D eigenvalue weighted by Gasteiger charge is -2.28. The van der Waals surface area contributed by atoms with Gasteiger partial charge in [0.1, 0.15) is 0 Å². The summed E-state index contributed by atoms with van der Waals surface area (Å²) >= 11 is 5.08. The van der Waals surface area contributed by atoms with Crippen LogP contribution in [-0.2, 0) is 0 Å². The van der Waals surface area contributed by atoms with Crippen LogP contribution in [0.4, 0.5) is 0 Å². The fraction of sp³-hybridized carbons (Fsp3) is 0.929. The summed E-state index contributed by atoms with van der Waals surface area (Å²) in [5, 5.41) is 0. The molecule has 0 spiro atoms. The zero-order chi connectivity index (χ0) is 12.5. The van der Waals surface area contributed by atoms with Crippen LogP contribution >= 0.6 is 12.2 Å². The zero-order valence-corrected chi connectivity index (χ0v) is 12.1. The quantitative estimate of drug-likeness (QED) is 0.730. The van der Waals surface area contributed by atoms with Crippen molar-refractivity contribution in [2.24, 2.45) is 11.7 Å². The molecule has 100 valence electrons. The number of piperidine rings is 1. The van der Waals surface area contributed by atoms with Crippen LogP contribution < -0.4 is 5.73 Å². The van der Waals surface area contributed by atoms with E-state index >= 15 is 0 Å². The third-order valence-electron chi connectivity index (χ3n) is 3.78. The molecule has 2 rings (SSSR count). The lowest BCUT2D eigenvalue weighted by Crippen LogP contribution is -2.38. The van der Waals surface area contributed by atoms with E-state index in [2.05, 4.69) is 11.8 Å². The molecule has 0 aromatic rings. The highest BCUT2D eigenvalue weighted by Gasteiger charge is 2.10. The predicted octanol–water partition coefficient (Wildman–Crippen LogP) is 3.35. The van der Waals surface area contributed by atoms with Gasteiger partial charge in [-0.25, -0.2) is 0 Å². The predicted molar refractivity (Wildman–Crippen MR) is 79.3 cm³/mol. The number of thiocarbonyl (C=S) groups is 1. The van der Waals surface area contributed by atoms with E-state index in [1.165, 1.54) is 51.4 Å². The molecule has 3 heteroatoms. The van der Waals surface area contributed by atoms with Gasteiger partial charge in [-0.3, -0.25) is 0 Å². The van der Waals surface area contributed by atoms with Gasteiger partial charge in [-0.1, -0.05) is 51.2 Å². The molecule has 0 aromatic carbocycles. The van der Waals surface area contributed by atoms with Crippen molar-refractivity contribution in [3.8, 4) is 0 Å². The fourth-order valence-corrected chi connectivity index (χ4v) is 2.76. The van der Waals surface area contributed by atoms with E-state index in [4.69, 9.17) is 18.0 Å². The van der Waals surface area contributed by atoms with Crippen molar-refractivity contribution in [2.75, 3.05) is 19.6 Å². The van der Waals surface area contributed by atoms with E-state index in [-0.39, 0.29) is 0 Å². The van der Waals surface area contributed by atoms with Crippen molar-refractivity contribution in [3.05, 3.63) is 0 Å². The fourth-order valence-electron chi connectivity index (χ4n) is 2.58. The normalized spacial score (nSPS) is 21.6. The van der Waals surface area contributed by atoms with E-state index in [1.54, 1.807) is 0 Å². The van der Waals surface area contributed by atoms with Crippen molar-refractivity contribution in [1.82, 2.24) is 4.90 Å². The molecule has 1 saturated heterocycles. The van der Waals surface area contributed by atoms with E-state index in [9.17, 15) is 0 Å². The van der Waals surface area contributed by atoms with E-state index in [1.807, 2.05) is 0 Å². The van der Waals surface area contributed by atoms with Crippen molar-refractivity contribution in [1.29, 1.82) is 0 Å². The van der Waals surface area contributed by atoms with Crippen molar-refractivity contribution in [3.63, 3.8) is 0 Å². The Balaban J connectivity index is 0.000000181. The molecule has 0 amide bonds. The van der Waals surface area contributed by atoms with Crippen LogP contribution in [0.25, 0.3) is 0 Å². The first-order valence-corrected chi connectivity index (χ1v) is 7.62. The molecule has 0 aromatic heterocycles. The third kappa shape index (κ3) is 6.37. The molecule has 1 heterocycles. The molecule has 0 radical (unpaired) electrons. The van der Waals surface area contributed by atoms with Gasteiger partial charge >= 0.3 is 0 Å². The molecular formula is C14H28N2S. The van der Waals surface area contributed by atoms with Gasteiger partial charge in [0.2, 0.25) is 0 Å². The summed E-state index contributed by atoms with van der Waals surface area (Å²) in [5.41, 5.74) is 5.42. The van der Waals surface area contributed by atoms with E-state index in [0.29, 0.717) is 6.54 Å². The maximum atomic E-state index is 5.42. The highest BCUT2D eigenvalue weighted by molar-refractivity contribution is 7.80. The first-order chi connectivity index (χ1) is 8.24. The van der Waals surface area contributed by atoms with E-state index in [0.717, 1.165) is 24.0 Å². The summed E-state index contributed by atoms with van der Waals surface area (Å²) in [5.74, 6) is 1.04. The summed E-state index contributed by atoms with van der Waals surface area (Å²) in [6.45, 7) is 5.14. The SMILES string of the molecule is CC1CCCCC1.NCC(=S)N1CCCCC1. The van der Waals surface area contributed by atoms with Gasteiger partial charge in [0.05, 0.1) is 4.99 Å². The second-order valence-electron chi connectivity index (χ2n) is 5.39. The van der Waals surface area contributed by atoms with Gasteiger partial charge in [-0.05, 0) is 25.2 Å². The number of rotatable bonds is 1. The lowest BCUT2D eigenvalue weighted by atomic mass is 9.91. The number of nitrogens with zero attached hydrogens (tertiary/aromatic N) is 1. The van der Waals surface area contributed by atoms with Crippen LogP contribution in [0.5, 0.6) is 0 Å². The van der Waals surface area contributed by atoms with Crippen LogP contribution in [-0.4, -0.2) is 29.5 Å². The van der Waals surface area contributed by atoms with Gasteiger partial charge in [-0.2, -0.15) is 0 Å². The van der Waals surface area contributed by atoms with Crippen LogP contribution in [0.15, 0.2) is 0 Å². The first-order valence-electron chi connectivity index (χ1n) is 7.22. The molecule has 2 N–H and O–H groups in total. The summed E-state index contributed by atoms with van der Waals surface area (Å²) in [7, 11) is 0. The molecule has 1 aliphatic carbocycles. The Kier molecular flexibility index (Phi) is 7.78. The number of hydrogen-bond acceptors (Lipinski definition) is 2. The maximum absolute atomic E-state index is 5.42. The Labute approximate surface area is 112 Å². The summed E-state index contributed by atoms with van der Waals surface area (Å²) in [6.07, 6.45) is 11.3.